The summed E-state index contributed by atoms with van der Waals surface area (Å²) in [6, 6.07) is 0. The van der Waals surface area contributed by atoms with E-state index in [-0.39, 0.29) is 16.8 Å². The Kier molecular flexibility index (Phi) is 11.4. The van der Waals surface area contributed by atoms with Crippen LogP contribution in [-0.2, 0) is 16.8 Å². The molecule has 0 spiro atoms. The molecule has 0 saturated carbocycles. The van der Waals surface area contributed by atoms with Gasteiger partial charge in [-0.3, -0.25) is 0 Å². The number of rotatable bonds is 0. The minimum absolute atomic E-state index is 0. The first-order valence-electron chi connectivity index (χ1n) is 5.53. The number of hydrogen-bond donors (Lipinski definition) is 0. The summed E-state index contributed by atoms with van der Waals surface area (Å²) >= 11 is 6.29. The van der Waals surface area contributed by atoms with Crippen LogP contribution >= 0.6 is 0 Å². The molecule has 0 atom stereocenters. The summed E-state index contributed by atoms with van der Waals surface area (Å²) in [5, 5.41) is 0. The summed E-state index contributed by atoms with van der Waals surface area (Å²) in [7, 11) is 0. The Labute approximate surface area is 126 Å². The number of allylic oxidation sites excluding steroid dienone is 6. The summed E-state index contributed by atoms with van der Waals surface area (Å²) in [4.78, 5) is 0. The number of hydrogen-bond acceptors (Lipinski definition) is 0. The normalized spacial score (nSPS) is 23.8. The average Bonchev–Trinajstić information content (AvgIpc) is 2.78. The van der Waals surface area contributed by atoms with E-state index < -0.39 is 0 Å². The van der Waals surface area contributed by atoms with Crippen molar-refractivity contribution in [3.05, 3.63) is 39.7 Å². The first kappa shape index (κ1) is 16.8. The molecule has 0 amide bonds. The van der Waals surface area contributed by atoms with Crippen molar-refractivity contribution in [1.29, 1.82) is 0 Å². The Bertz CT molecular complexity index is 241. The maximum atomic E-state index is 3.14. The van der Waals surface area contributed by atoms with Crippen molar-refractivity contribution in [2.75, 3.05) is 0 Å². The SMILES string of the molecule is [CH]1C=CC=C1.[Co].[Se]/C1=C(\[Se])CCCCCC1. The molecule has 0 nitrogen and oxygen atoms in total. The van der Waals surface area contributed by atoms with Crippen LogP contribution in [0.3, 0.4) is 0 Å². The van der Waals surface area contributed by atoms with E-state index in [2.05, 4.69) is 32.0 Å². The van der Waals surface area contributed by atoms with Crippen LogP contribution in [0.4, 0.5) is 0 Å². The zero-order valence-electron chi connectivity index (χ0n) is 9.28. The summed E-state index contributed by atoms with van der Waals surface area (Å²) in [6.07, 6.45) is 18.1. The third-order valence-electron chi connectivity index (χ3n) is 2.42. The molecule has 90 valence electrons. The van der Waals surface area contributed by atoms with Crippen LogP contribution in [0.15, 0.2) is 33.2 Å². The van der Waals surface area contributed by atoms with E-state index >= 15 is 0 Å². The van der Waals surface area contributed by atoms with Gasteiger partial charge in [0.2, 0.25) is 0 Å². The molecule has 3 heteroatoms. The van der Waals surface area contributed by atoms with Crippen LogP contribution in [0.2, 0.25) is 0 Å². The van der Waals surface area contributed by atoms with Gasteiger partial charge in [0.05, 0.1) is 0 Å². The Hall–Kier alpha value is 0.765. The molecule has 0 aromatic heterocycles. The van der Waals surface area contributed by atoms with E-state index in [0.717, 1.165) is 0 Å². The van der Waals surface area contributed by atoms with Crippen molar-refractivity contribution in [2.45, 2.75) is 38.5 Å². The van der Waals surface area contributed by atoms with Gasteiger partial charge in [0.15, 0.2) is 0 Å². The molecule has 0 unspecified atom stereocenters. The predicted octanol–water partition coefficient (Wildman–Crippen LogP) is 3.20. The van der Waals surface area contributed by atoms with Crippen LogP contribution in [0.1, 0.15) is 38.5 Å². The van der Waals surface area contributed by atoms with Crippen LogP contribution in [0, 0.1) is 6.42 Å². The monoisotopic (exact) mass is 392 g/mol. The van der Waals surface area contributed by atoms with Crippen LogP contribution in [0.5, 0.6) is 0 Å². The molecule has 2 aliphatic carbocycles. The van der Waals surface area contributed by atoms with E-state index in [1.54, 1.807) is 0 Å². The van der Waals surface area contributed by atoms with Crippen molar-refractivity contribution >= 4 is 32.0 Å². The van der Waals surface area contributed by atoms with Gasteiger partial charge in [-0.05, 0) is 0 Å². The quantitative estimate of drug-likeness (QED) is 0.558. The van der Waals surface area contributed by atoms with Gasteiger partial charge in [-0.25, -0.2) is 0 Å². The Morgan fingerprint density at radius 3 is 1.44 bits per heavy atom. The van der Waals surface area contributed by atoms with Gasteiger partial charge >= 0.3 is 79.5 Å². The predicted molar refractivity (Wildman–Crippen MR) is 68.8 cm³/mol. The molecule has 4 radical (unpaired) electrons. The molecule has 0 bridgehead atoms. The van der Waals surface area contributed by atoms with E-state index in [1.807, 2.05) is 30.7 Å². The molecule has 0 aromatic rings. The van der Waals surface area contributed by atoms with Crippen molar-refractivity contribution in [3.63, 3.8) is 0 Å². The fraction of sp³-hybridized carbons (Fsp3) is 0.462. The molecule has 0 heterocycles. The second-order valence-electron chi connectivity index (χ2n) is 3.72. The van der Waals surface area contributed by atoms with Crippen molar-refractivity contribution in [2.24, 2.45) is 0 Å². The third-order valence-corrected chi connectivity index (χ3v) is 4.97. The maximum absolute atomic E-state index is 3.14. The summed E-state index contributed by atoms with van der Waals surface area (Å²) < 4.78 is 2.94. The van der Waals surface area contributed by atoms with Gasteiger partial charge in [-0.1, -0.05) is 24.3 Å². The van der Waals surface area contributed by atoms with Crippen molar-refractivity contribution in [3.8, 4) is 0 Å². The second kappa shape index (κ2) is 10.9. The summed E-state index contributed by atoms with van der Waals surface area (Å²) in [6.45, 7) is 0. The zero-order valence-corrected chi connectivity index (χ0v) is 13.7. The standard InChI is InChI=1S/C8H12Se2.C5H5.Co/c9-7-5-3-1-2-4-6-8(7)10;1-2-4-5-3-1;/h1-6H2;1-5H;/b8-7-;;. The van der Waals surface area contributed by atoms with E-state index in [4.69, 9.17) is 0 Å². The molecule has 0 fully saturated rings. The Morgan fingerprint density at radius 1 is 0.688 bits per heavy atom. The van der Waals surface area contributed by atoms with Crippen LogP contribution in [-0.4, -0.2) is 32.0 Å². The van der Waals surface area contributed by atoms with E-state index in [9.17, 15) is 0 Å². The van der Waals surface area contributed by atoms with Gasteiger partial charge < -0.3 is 0 Å². The molecule has 2 aliphatic rings. The summed E-state index contributed by atoms with van der Waals surface area (Å²) in [5.74, 6) is 0. The van der Waals surface area contributed by atoms with Crippen LogP contribution < -0.4 is 0 Å². The fourth-order valence-corrected chi connectivity index (χ4v) is 2.56. The van der Waals surface area contributed by atoms with Gasteiger partial charge in [-0.15, -0.1) is 0 Å². The van der Waals surface area contributed by atoms with Gasteiger partial charge in [-0.2, -0.15) is 0 Å². The van der Waals surface area contributed by atoms with Crippen molar-refractivity contribution < 1.29 is 16.8 Å². The van der Waals surface area contributed by atoms with Gasteiger partial charge in [0.1, 0.15) is 0 Å². The zero-order chi connectivity index (χ0) is 10.9. The molecule has 0 saturated heterocycles. The summed E-state index contributed by atoms with van der Waals surface area (Å²) in [5.41, 5.74) is 0. The first-order valence-corrected chi connectivity index (χ1v) is 7.25. The molecular weight excluding hydrogens is 373 g/mol. The molecule has 2 rings (SSSR count). The molecule has 16 heavy (non-hydrogen) atoms. The Morgan fingerprint density at radius 2 is 1.12 bits per heavy atom. The topological polar surface area (TPSA) is 0 Å². The molecule has 0 N–H and O–H groups in total. The van der Waals surface area contributed by atoms with E-state index in [1.165, 1.54) is 47.5 Å². The van der Waals surface area contributed by atoms with Gasteiger partial charge in [0.25, 0.3) is 0 Å². The fourth-order valence-electron chi connectivity index (χ4n) is 1.52. The third kappa shape index (κ3) is 7.95. The van der Waals surface area contributed by atoms with Gasteiger partial charge in [0, 0.05) is 23.2 Å². The molecular formula is C13H17CoSe2. The first-order chi connectivity index (χ1) is 7.30. The second-order valence-corrected chi connectivity index (χ2v) is 5.79. The average molecular weight is 390 g/mol. The molecule has 0 aromatic carbocycles. The van der Waals surface area contributed by atoms with E-state index in [0.29, 0.717) is 0 Å². The minimum atomic E-state index is 0. The van der Waals surface area contributed by atoms with Crippen molar-refractivity contribution in [1.82, 2.24) is 0 Å². The Balaban J connectivity index is 0.000000318. The van der Waals surface area contributed by atoms with Crippen LogP contribution in [0.25, 0.3) is 0 Å². The molecule has 0 aliphatic heterocycles.